The Balaban J connectivity index is 0.000000351. The molecule has 1 aromatic heterocycles. The zero-order valence-electron chi connectivity index (χ0n) is 10.6. The number of pyridine rings is 1. The number of likely N-dealkylation sites (N-methyl/N-ethyl adjacent to an activating group) is 1. The fourth-order valence-electron chi connectivity index (χ4n) is 0.917. The molecule has 104 valence electrons. The lowest BCUT2D eigenvalue weighted by atomic mass is 10.1. The molecule has 0 aromatic carbocycles. The van der Waals surface area contributed by atoms with E-state index in [4.69, 9.17) is 25.6 Å². The molecule has 0 atom stereocenters. The van der Waals surface area contributed by atoms with Crippen LogP contribution in [-0.4, -0.2) is 60.8 Å². The lowest BCUT2D eigenvalue weighted by Gasteiger charge is -2.33. The Morgan fingerprint density at radius 2 is 1.83 bits per heavy atom. The minimum atomic E-state index is -2.75. The maximum Gasteiger partial charge on any atom is 0.233 e. The maximum absolute atomic E-state index is 8.88. The molecule has 0 bridgehead atoms. The van der Waals surface area contributed by atoms with Gasteiger partial charge in [-0.1, -0.05) is 6.07 Å². The van der Waals surface area contributed by atoms with Crippen LogP contribution in [0.15, 0.2) is 24.5 Å². The van der Waals surface area contributed by atoms with Crippen LogP contribution in [0.25, 0.3) is 0 Å². The van der Waals surface area contributed by atoms with Crippen LogP contribution in [-0.2, 0) is 0 Å². The maximum atomic E-state index is 8.88. The molecule has 0 radical (unpaired) electrons. The molecule has 0 aliphatic rings. The Bertz CT molecular complexity index is 335. The van der Waals surface area contributed by atoms with Crippen LogP contribution in [0.5, 0.6) is 0 Å². The lowest BCUT2D eigenvalue weighted by Crippen LogP contribution is -2.57. The molecular weight excluding hydrogens is 240 g/mol. The molecule has 0 unspecified atom stereocenters. The number of hydroxylamine groups is 2. The summed E-state index contributed by atoms with van der Waals surface area (Å²) in [6.07, 6.45) is 3.60. The van der Waals surface area contributed by atoms with Crippen molar-refractivity contribution in [2.24, 2.45) is 0 Å². The highest BCUT2D eigenvalue weighted by molar-refractivity contribution is 5.04. The van der Waals surface area contributed by atoms with Gasteiger partial charge in [0.1, 0.15) is 0 Å². The van der Waals surface area contributed by atoms with Crippen LogP contribution in [0.1, 0.15) is 12.5 Å². The smallest absolute Gasteiger partial charge is 0.233 e. The van der Waals surface area contributed by atoms with Crippen molar-refractivity contribution in [2.45, 2.75) is 25.4 Å². The van der Waals surface area contributed by atoms with E-state index in [1.54, 1.807) is 6.20 Å². The minimum absolute atomic E-state index is 0.435. The van der Waals surface area contributed by atoms with E-state index in [9.17, 15) is 0 Å². The highest BCUT2D eigenvalue weighted by atomic mass is 16.6. The molecule has 7 heteroatoms. The topological polar surface area (TPSA) is 117 Å². The standard InChI is InChI=1S/C6H7N.C5H13NO5/c1-6-3-2-4-7-5-6;1-4(7,8)5(9,10)3-6(2)11/h2-5H,1H3;7-11H,3H2,1-2H3. The molecule has 1 aromatic rings. The summed E-state index contributed by atoms with van der Waals surface area (Å²) < 4.78 is 0. The van der Waals surface area contributed by atoms with Crippen molar-refractivity contribution < 1.29 is 25.6 Å². The van der Waals surface area contributed by atoms with E-state index < -0.39 is 18.1 Å². The second-order valence-electron chi connectivity index (χ2n) is 4.18. The summed E-state index contributed by atoms with van der Waals surface area (Å²) in [6.45, 7) is 2.14. The van der Waals surface area contributed by atoms with Gasteiger partial charge in [0.15, 0.2) is 0 Å². The Hall–Kier alpha value is -1.09. The van der Waals surface area contributed by atoms with Gasteiger partial charge in [0.25, 0.3) is 0 Å². The highest BCUT2D eigenvalue weighted by Gasteiger charge is 2.43. The van der Waals surface area contributed by atoms with Gasteiger partial charge in [-0.05, 0) is 25.5 Å². The number of hydrogen-bond acceptors (Lipinski definition) is 7. The molecule has 0 saturated carbocycles. The van der Waals surface area contributed by atoms with Gasteiger partial charge in [-0.25, -0.2) is 0 Å². The SMILES string of the molecule is CN(O)CC(O)(O)C(C)(O)O.Cc1cccnc1. The van der Waals surface area contributed by atoms with Gasteiger partial charge in [0.2, 0.25) is 11.6 Å². The molecule has 1 rings (SSSR count). The quantitative estimate of drug-likeness (QED) is 0.352. The van der Waals surface area contributed by atoms with E-state index >= 15 is 0 Å². The largest absolute Gasteiger partial charge is 0.362 e. The summed E-state index contributed by atoms with van der Waals surface area (Å²) in [4.78, 5) is 3.88. The average molecular weight is 260 g/mol. The number of hydrogen-bond donors (Lipinski definition) is 5. The molecule has 0 saturated heterocycles. The van der Waals surface area contributed by atoms with E-state index in [0.29, 0.717) is 5.06 Å². The second-order valence-corrected chi connectivity index (χ2v) is 4.18. The monoisotopic (exact) mass is 260 g/mol. The zero-order valence-corrected chi connectivity index (χ0v) is 10.6. The first-order valence-corrected chi connectivity index (χ1v) is 5.22. The number of nitrogens with zero attached hydrogens (tertiary/aromatic N) is 2. The Kier molecular flexibility index (Phi) is 6.33. The van der Waals surface area contributed by atoms with Gasteiger partial charge >= 0.3 is 0 Å². The van der Waals surface area contributed by atoms with Crippen LogP contribution in [0.4, 0.5) is 0 Å². The normalized spacial score (nSPS) is 12.1. The molecule has 0 spiro atoms. The van der Waals surface area contributed by atoms with Crippen molar-refractivity contribution in [3.05, 3.63) is 30.1 Å². The minimum Gasteiger partial charge on any atom is -0.362 e. The Morgan fingerprint density at radius 1 is 1.28 bits per heavy atom. The van der Waals surface area contributed by atoms with E-state index in [2.05, 4.69) is 4.98 Å². The zero-order chi connectivity index (χ0) is 14.4. The van der Waals surface area contributed by atoms with E-state index in [-0.39, 0.29) is 0 Å². The third-order valence-electron chi connectivity index (χ3n) is 2.02. The highest BCUT2D eigenvalue weighted by Crippen LogP contribution is 2.16. The summed E-state index contributed by atoms with van der Waals surface area (Å²) in [5, 5.41) is 44.2. The van der Waals surface area contributed by atoms with Crippen LogP contribution in [0.3, 0.4) is 0 Å². The predicted octanol–water partition coefficient (Wildman–Crippen LogP) is -0.921. The van der Waals surface area contributed by atoms with Gasteiger partial charge < -0.3 is 25.6 Å². The van der Waals surface area contributed by atoms with E-state index in [1.807, 2.05) is 25.3 Å². The summed E-state index contributed by atoms with van der Waals surface area (Å²) in [5.74, 6) is -5.42. The lowest BCUT2D eigenvalue weighted by molar-refractivity contribution is -0.362. The first-order valence-electron chi connectivity index (χ1n) is 5.22. The molecule has 18 heavy (non-hydrogen) atoms. The summed E-state index contributed by atoms with van der Waals surface area (Å²) in [6, 6.07) is 3.95. The molecule has 0 fully saturated rings. The van der Waals surface area contributed by atoms with Crippen molar-refractivity contribution in [1.82, 2.24) is 10.0 Å². The number of aromatic nitrogens is 1. The van der Waals surface area contributed by atoms with Crippen LogP contribution in [0.2, 0.25) is 0 Å². The summed E-state index contributed by atoms with van der Waals surface area (Å²) in [7, 11) is 1.15. The van der Waals surface area contributed by atoms with Crippen LogP contribution in [0, 0.1) is 6.92 Å². The van der Waals surface area contributed by atoms with E-state index in [0.717, 1.165) is 14.0 Å². The Labute approximate surface area is 106 Å². The van der Waals surface area contributed by atoms with Crippen molar-refractivity contribution >= 4 is 0 Å². The second kappa shape index (κ2) is 6.74. The van der Waals surface area contributed by atoms with Crippen molar-refractivity contribution in [2.75, 3.05) is 13.6 Å². The van der Waals surface area contributed by atoms with Crippen molar-refractivity contribution in [3.63, 3.8) is 0 Å². The van der Waals surface area contributed by atoms with Gasteiger partial charge in [-0.2, -0.15) is 5.06 Å². The summed E-state index contributed by atoms with van der Waals surface area (Å²) in [5.41, 5.74) is 1.21. The van der Waals surface area contributed by atoms with Crippen molar-refractivity contribution in [3.8, 4) is 0 Å². The summed E-state index contributed by atoms with van der Waals surface area (Å²) >= 11 is 0. The molecule has 0 aliphatic carbocycles. The first-order chi connectivity index (χ1) is 8.06. The van der Waals surface area contributed by atoms with Gasteiger partial charge in [-0.15, -0.1) is 0 Å². The number of aliphatic hydroxyl groups is 4. The molecule has 1 heterocycles. The fraction of sp³-hybridized carbons (Fsp3) is 0.545. The van der Waals surface area contributed by atoms with Crippen LogP contribution < -0.4 is 0 Å². The number of rotatable bonds is 3. The Morgan fingerprint density at radius 3 is 2.00 bits per heavy atom. The van der Waals surface area contributed by atoms with Gasteiger partial charge in [-0.3, -0.25) is 4.98 Å². The van der Waals surface area contributed by atoms with Crippen LogP contribution >= 0.6 is 0 Å². The molecule has 7 nitrogen and oxygen atoms in total. The third kappa shape index (κ3) is 6.60. The third-order valence-corrected chi connectivity index (χ3v) is 2.02. The molecule has 0 amide bonds. The number of aryl methyl sites for hydroxylation is 1. The molecule has 0 aliphatic heterocycles. The average Bonchev–Trinajstić information content (AvgIpc) is 2.15. The van der Waals surface area contributed by atoms with Gasteiger partial charge in [0.05, 0.1) is 6.54 Å². The fourth-order valence-corrected chi connectivity index (χ4v) is 0.917. The predicted molar refractivity (Wildman–Crippen MR) is 63.4 cm³/mol. The molecule has 5 N–H and O–H groups in total. The van der Waals surface area contributed by atoms with Gasteiger partial charge in [0, 0.05) is 19.4 Å². The first kappa shape index (κ1) is 16.9. The molecular formula is C11H20N2O5. The van der Waals surface area contributed by atoms with E-state index in [1.165, 1.54) is 5.56 Å². The van der Waals surface area contributed by atoms with Crippen molar-refractivity contribution in [1.29, 1.82) is 0 Å².